The smallest absolute Gasteiger partial charge is 0.227 e. The molecule has 0 saturated carbocycles. The standard InChI is InChI=1S/C16H25ClN2O/c1-16(2,3)9-13(10-18)15(20)19(4)11-12-5-7-14(17)8-6-12/h5-8,13H,9-11,18H2,1-4H3. The van der Waals surface area contributed by atoms with Gasteiger partial charge in [0.25, 0.3) is 0 Å². The Balaban J connectivity index is 2.67. The summed E-state index contributed by atoms with van der Waals surface area (Å²) < 4.78 is 0. The normalized spacial score (nSPS) is 13.1. The Bertz CT molecular complexity index is 437. The van der Waals surface area contributed by atoms with Gasteiger partial charge in [-0.05, 0) is 29.5 Å². The first-order chi connectivity index (χ1) is 9.23. The highest BCUT2D eigenvalue weighted by Crippen LogP contribution is 2.25. The van der Waals surface area contributed by atoms with Crippen LogP contribution in [0.1, 0.15) is 32.8 Å². The Labute approximate surface area is 127 Å². The summed E-state index contributed by atoms with van der Waals surface area (Å²) in [4.78, 5) is 14.2. The highest BCUT2D eigenvalue weighted by Gasteiger charge is 2.26. The molecule has 1 aromatic rings. The summed E-state index contributed by atoms with van der Waals surface area (Å²) in [6.07, 6.45) is 0.799. The molecule has 3 nitrogen and oxygen atoms in total. The van der Waals surface area contributed by atoms with Gasteiger partial charge in [-0.25, -0.2) is 0 Å². The van der Waals surface area contributed by atoms with Crippen LogP contribution in [0.2, 0.25) is 5.02 Å². The van der Waals surface area contributed by atoms with E-state index in [1.165, 1.54) is 0 Å². The molecule has 0 aliphatic heterocycles. The number of halogens is 1. The van der Waals surface area contributed by atoms with Crippen molar-refractivity contribution in [3.8, 4) is 0 Å². The fourth-order valence-corrected chi connectivity index (χ4v) is 2.39. The minimum absolute atomic E-state index is 0.0980. The monoisotopic (exact) mass is 296 g/mol. The molecule has 0 heterocycles. The molecule has 0 aliphatic carbocycles. The molecule has 0 bridgehead atoms. The van der Waals surface area contributed by atoms with Crippen molar-refractivity contribution in [3.05, 3.63) is 34.9 Å². The van der Waals surface area contributed by atoms with Gasteiger partial charge >= 0.3 is 0 Å². The van der Waals surface area contributed by atoms with Gasteiger partial charge in [-0.15, -0.1) is 0 Å². The zero-order valence-corrected chi connectivity index (χ0v) is 13.6. The highest BCUT2D eigenvalue weighted by molar-refractivity contribution is 6.30. The van der Waals surface area contributed by atoms with E-state index in [2.05, 4.69) is 20.8 Å². The number of hydrogen-bond acceptors (Lipinski definition) is 2. The van der Waals surface area contributed by atoms with Crippen molar-refractivity contribution < 1.29 is 4.79 Å². The van der Waals surface area contributed by atoms with Crippen LogP contribution >= 0.6 is 11.6 Å². The molecule has 4 heteroatoms. The Hall–Kier alpha value is -1.06. The first-order valence-electron chi connectivity index (χ1n) is 6.92. The SMILES string of the molecule is CN(Cc1ccc(Cl)cc1)C(=O)C(CN)CC(C)(C)C. The minimum atomic E-state index is -0.118. The van der Waals surface area contributed by atoms with Crippen LogP contribution in [-0.4, -0.2) is 24.4 Å². The molecular formula is C16H25ClN2O. The average Bonchev–Trinajstić information content (AvgIpc) is 2.36. The third-order valence-electron chi connectivity index (χ3n) is 3.20. The molecule has 1 aromatic carbocycles. The summed E-state index contributed by atoms with van der Waals surface area (Å²) in [6.45, 7) is 7.35. The number of benzene rings is 1. The largest absolute Gasteiger partial charge is 0.341 e. The average molecular weight is 297 g/mol. The van der Waals surface area contributed by atoms with Crippen LogP contribution in [0.5, 0.6) is 0 Å². The van der Waals surface area contributed by atoms with Gasteiger partial charge in [0.2, 0.25) is 5.91 Å². The number of hydrogen-bond donors (Lipinski definition) is 1. The Morgan fingerprint density at radius 1 is 1.30 bits per heavy atom. The van der Waals surface area contributed by atoms with Gasteiger partial charge in [-0.2, -0.15) is 0 Å². The lowest BCUT2D eigenvalue weighted by molar-refractivity contribution is -0.135. The molecule has 1 rings (SSSR count). The molecule has 112 valence electrons. The lowest BCUT2D eigenvalue weighted by Gasteiger charge is -2.28. The van der Waals surface area contributed by atoms with Crippen LogP contribution in [-0.2, 0) is 11.3 Å². The second-order valence-electron chi connectivity index (χ2n) is 6.52. The van der Waals surface area contributed by atoms with Crippen LogP contribution in [0.4, 0.5) is 0 Å². The first-order valence-corrected chi connectivity index (χ1v) is 7.30. The molecule has 0 aromatic heterocycles. The van der Waals surface area contributed by atoms with Gasteiger partial charge < -0.3 is 10.6 Å². The highest BCUT2D eigenvalue weighted by atomic mass is 35.5. The molecule has 0 spiro atoms. The molecular weight excluding hydrogens is 272 g/mol. The van der Waals surface area contributed by atoms with Crippen LogP contribution in [0, 0.1) is 11.3 Å². The zero-order valence-electron chi connectivity index (χ0n) is 12.8. The van der Waals surface area contributed by atoms with E-state index in [-0.39, 0.29) is 17.2 Å². The van der Waals surface area contributed by atoms with Crippen molar-refractivity contribution in [2.75, 3.05) is 13.6 Å². The van der Waals surface area contributed by atoms with Gasteiger partial charge in [-0.1, -0.05) is 44.5 Å². The van der Waals surface area contributed by atoms with E-state index in [1.54, 1.807) is 4.90 Å². The van der Waals surface area contributed by atoms with Crippen molar-refractivity contribution >= 4 is 17.5 Å². The van der Waals surface area contributed by atoms with Gasteiger partial charge in [-0.3, -0.25) is 4.79 Å². The molecule has 2 N–H and O–H groups in total. The zero-order chi connectivity index (χ0) is 15.3. The lowest BCUT2D eigenvalue weighted by Crippen LogP contribution is -2.38. The van der Waals surface area contributed by atoms with Crippen LogP contribution in [0.15, 0.2) is 24.3 Å². The number of nitrogens with two attached hydrogens (primary N) is 1. The van der Waals surface area contributed by atoms with Crippen molar-refractivity contribution in [2.45, 2.75) is 33.7 Å². The predicted molar refractivity (Wildman–Crippen MR) is 84.5 cm³/mol. The lowest BCUT2D eigenvalue weighted by atomic mass is 9.84. The van der Waals surface area contributed by atoms with E-state index in [9.17, 15) is 4.79 Å². The quantitative estimate of drug-likeness (QED) is 0.906. The maximum Gasteiger partial charge on any atom is 0.227 e. The third-order valence-corrected chi connectivity index (χ3v) is 3.45. The number of carbonyl (C=O) groups excluding carboxylic acids is 1. The van der Waals surface area contributed by atoms with Crippen molar-refractivity contribution in [1.29, 1.82) is 0 Å². The summed E-state index contributed by atoms with van der Waals surface area (Å²) in [5.74, 6) is -0.00956. The van der Waals surface area contributed by atoms with E-state index in [0.29, 0.717) is 18.1 Å². The second kappa shape index (κ2) is 7.09. The summed E-state index contributed by atoms with van der Waals surface area (Å²) in [6, 6.07) is 7.55. The summed E-state index contributed by atoms with van der Waals surface area (Å²) in [5.41, 5.74) is 6.93. The van der Waals surface area contributed by atoms with Gasteiger partial charge in [0.05, 0.1) is 5.92 Å². The maximum absolute atomic E-state index is 12.4. The maximum atomic E-state index is 12.4. The van der Waals surface area contributed by atoms with Gasteiger partial charge in [0.15, 0.2) is 0 Å². The van der Waals surface area contributed by atoms with Crippen molar-refractivity contribution in [1.82, 2.24) is 4.90 Å². The number of carbonyl (C=O) groups is 1. The Kier molecular flexibility index (Phi) is 6.03. The van der Waals surface area contributed by atoms with E-state index in [4.69, 9.17) is 17.3 Å². The summed E-state index contributed by atoms with van der Waals surface area (Å²) >= 11 is 5.86. The molecule has 0 radical (unpaired) electrons. The topological polar surface area (TPSA) is 46.3 Å². The van der Waals surface area contributed by atoms with E-state index < -0.39 is 0 Å². The summed E-state index contributed by atoms with van der Waals surface area (Å²) in [7, 11) is 1.82. The summed E-state index contributed by atoms with van der Waals surface area (Å²) in [5, 5.41) is 0.704. The third kappa shape index (κ3) is 5.51. The molecule has 20 heavy (non-hydrogen) atoms. The van der Waals surface area contributed by atoms with Crippen LogP contribution in [0.25, 0.3) is 0 Å². The fourth-order valence-electron chi connectivity index (χ4n) is 2.26. The Morgan fingerprint density at radius 2 is 1.85 bits per heavy atom. The van der Waals surface area contributed by atoms with Crippen molar-refractivity contribution in [3.63, 3.8) is 0 Å². The van der Waals surface area contributed by atoms with E-state index in [1.807, 2.05) is 31.3 Å². The fraction of sp³-hybridized carbons (Fsp3) is 0.562. The van der Waals surface area contributed by atoms with E-state index >= 15 is 0 Å². The number of amides is 1. The number of rotatable bonds is 5. The molecule has 1 atom stereocenters. The second-order valence-corrected chi connectivity index (χ2v) is 6.95. The van der Waals surface area contributed by atoms with Gasteiger partial charge in [0.1, 0.15) is 0 Å². The molecule has 1 unspecified atom stereocenters. The first kappa shape index (κ1) is 17.0. The molecule has 0 saturated heterocycles. The van der Waals surface area contributed by atoms with Crippen LogP contribution in [0.3, 0.4) is 0 Å². The number of nitrogens with zero attached hydrogens (tertiary/aromatic N) is 1. The van der Waals surface area contributed by atoms with Crippen molar-refractivity contribution in [2.24, 2.45) is 17.1 Å². The molecule has 0 aliphatic rings. The minimum Gasteiger partial charge on any atom is -0.341 e. The molecule has 1 amide bonds. The van der Waals surface area contributed by atoms with Crippen LogP contribution < -0.4 is 5.73 Å². The predicted octanol–water partition coefficient (Wildman–Crippen LogP) is 3.31. The Morgan fingerprint density at radius 3 is 2.30 bits per heavy atom. The van der Waals surface area contributed by atoms with Gasteiger partial charge in [0, 0.05) is 25.2 Å². The molecule has 0 fully saturated rings. The van der Waals surface area contributed by atoms with E-state index in [0.717, 1.165) is 12.0 Å².